The fourth-order valence-electron chi connectivity index (χ4n) is 3.80. The van der Waals surface area contributed by atoms with Crippen molar-refractivity contribution in [3.63, 3.8) is 0 Å². The summed E-state index contributed by atoms with van der Waals surface area (Å²) < 4.78 is 4.53. The summed E-state index contributed by atoms with van der Waals surface area (Å²) in [5, 5.41) is 31.0. The van der Waals surface area contributed by atoms with Gasteiger partial charge in [-0.3, -0.25) is 0 Å². The molecule has 0 saturated carbocycles. The molecule has 0 unspecified atom stereocenters. The third-order valence-electron chi connectivity index (χ3n) is 4.90. The van der Waals surface area contributed by atoms with Crippen LogP contribution in [0, 0.1) is 0 Å². The molecule has 11 heteroatoms. The van der Waals surface area contributed by atoms with E-state index in [1.54, 1.807) is 4.90 Å². The molecule has 3 aliphatic rings. The zero-order valence-electron chi connectivity index (χ0n) is 13.7. The zero-order valence-corrected chi connectivity index (χ0v) is 13.7. The van der Waals surface area contributed by atoms with Crippen molar-refractivity contribution in [1.82, 2.24) is 9.80 Å². The number of hydrogen-bond acceptors (Lipinski definition) is 11. The SMILES string of the molecule is COC(=O)/C=C/CN1C(N)=N[C@@]23[C@@H]1[C@H](CO)N=C(N)N2CCC3(O)O. The van der Waals surface area contributed by atoms with Crippen LogP contribution in [-0.2, 0) is 9.53 Å². The van der Waals surface area contributed by atoms with E-state index in [-0.39, 0.29) is 38.0 Å². The minimum atomic E-state index is -2.20. The Hall–Kier alpha value is -2.37. The summed E-state index contributed by atoms with van der Waals surface area (Å²) >= 11 is 0. The van der Waals surface area contributed by atoms with Crippen LogP contribution in [0.4, 0.5) is 0 Å². The van der Waals surface area contributed by atoms with E-state index in [1.807, 2.05) is 0 Å². The first-order valence-electron chi connectivity index (χ1n) is 7.81. The molecule has 1 saturated heterocycles. The Kier molecular flexibility index (Phi) is 4.09. The lowest BCUT2D eigenvalue weighted by Gasteiger charge is -2.49. The van der Waals surface area contributed by atoms with Crippen molar-refractivity contribution in [2.24, 2.45) is 21.5 Å². The van der Waals surface area contributed by atoms with Gasteiger partial charge in [0.1, 0.15) is 12.1 Å². The molecule has 1 fully saturated rings. The molecule has 25 heavy (non-hydrogen) atoms. The standard InChI is InChI=1S/C14H22N6O5/c1-25-9(22)3-2-5-19-10-8(7-21)17-11(15)20-6-4-13(23,24)14(10,20)18-12(19)16/h2-3,8,10,21,23-24H,4-7H2,1H3,(H2,15,17)(H2,16,18)/b3-2+/t8-,10-,14-/m0/s1. The number of carbonyl (C=O) groups excluding carboxylic acids is 1. The molecule has 1 spiro atoms. The number of aliphatic imine (C=N–C) groups is 2. The van der Waals surface area contributed by atoms with E-state index in [9.17, 15) is 20.1 Å². The number of hydrogen-bond donors (Lipinski definition) is 5. The van der Waals surface area contributed by atoms with Gasteiger partial charge in [0.05, 0.1) is 13.7 Å². The lowest BCUT2D eigenvalue weighted by molar-refractivity contribution is -0.221. The number of aliphatic hydroxyl groups excluding tert-OH is 1. The Morgan fingerprint density at radius 3 is 2.80 bits per heavy atom. The molecule has 0 aliphatic carbocycles. The van der Waals surface area contributed by atoms with E-state index < -0.39 is 29.5 Å². The lowest BCUT2D eigenvalue weighted by atomic mass is 9.86. The van der Waals surface area contributed by atoms with Gasteiger partial charge in [-0.2, -0.15) is 0 Å². The van der Waals surface area contributed by atoms with Crippen molar-refractivity contribution >= 4 is 17.9 Å². The van der Waals surface area contributed by atoms with Gasteiger partial charge in [-0.15, -0.1) is 0 Å². The van der Waals surface area contributed by atoms with E-state index in [0.29, 0.717) is 0 Å². The molecule has 3 heterocycles. The minimum Gasteiger partial charge on any atom is -0.466 e. The highest BCUT2D eigenvalue weighted by molar-refractivity contribution is 5.87. The normalized spacial score (nSPS) is 33.1. The summed E-state index contributed by atoms with van der Waals surface area (Å²) in [6, 6.07) is -1.52. The number of guanidine groups is 2. The Bertz CT molecular complexity index is 662. The van der Waals surface area contributed by atoms with Gasteiger partial charge >= 0.3 is 5.97 Å². The van der Waals surface area contributed by atoms with Crippen molar-refractivity contribution in [2.75, 3.05) is 26.8 Å². The fraction of sp³-hybridized carbons (Fsp3) is 0.643. The second-order valence-corrected chi connectivity index (χ2v) is 6.17. The summed E-state index contributed by atoms with van der Waals surface area (Å²) in [5.74, 6) is -2.61. The summed E-state index contributed by atoms with van der Waals surface area (Å²) in [4.78, 5) is 22.9. The van der Waals surface area contributed by atoms with Crippen molar-refractivity contribution in [3.8, 4) is 0 Å². The van der Waals surface area contributed by atoms with Gasteiger partial charge in [0, 0.05) is 25.6 Å². The van der Waals surface area contributed by atoms with Gasteiger partial charge in [0.25, 0.3) is 0 Å². The summed E-state index contributed by atoms with van der Waals surface area (Å²) in [5.41, 5.74) is 10.4. The lowest BCUT2D eigenvalue weighted by Crippen LogP contribution is -2.72. The first kappa shape index (κ1) is 17.5. The fourth-order valence-corrected chi connectivity index (χ4v) is 3.80. The van der Waals surface area contributed by atoms with Crippen LogP contribution >= 0.6 is 0 Å². The average Bonchev–Trinajstić information content (AvgIpc) is 3.01. The molecule has 0 aromatic carbocycles. The van der Waals surface area contributed by atoms with E-state index in [2.05, 4.69) is 14.7 Å². The predicted molar refractivity (Wildman–Crippen MR) is 87.0 cm³/mol. The molecule has 0 radical (unpaired) electrons. The smallest absolute Gasteiger partial charge is 0.330 e. The number of nitrogens with zero attached hydrogens (tertiary/aromatic N) is 4. The van der Waals surface area contributed by atoms with Crippen LogP contribution in [0.1, 0.15) is 6.42 Å². The monoisotopic (exact) mass is 354 g/mol. The largest absolute Gasteiger partial charge is 0.466 e. The summed E-state index contributed by atoms with van der Waals surface area (Å²) in [6.45, 7) is 0.00332. The third kappa shape index (κ3) is 2.34. The molecule has 0 aromatic heterocycles. The second-order valence-electron chi connectivity index (χ2n) is 6.17. The Labute approximate surface area is 143 Å². The van der Waals surface area contributed by atoms with Crippen LogP contribution in [0.15, 0.2) is 22.1 Å². The first-order valence-corrected chi connectivity index (χ1v) is 7.81. The molecular weight excluding hydrogens is 332 g/mol. The van der Waals surface area contributed by atoms with Crippen molar-refractivity contribution < 1.29 is 24.9 Å². The Balaban J connectivity index is 2.01. The van der Waals surface area contributed by atoms with Gasteiger partial charge in [-0.25, -0.2) is 14.8 Å². The molecule has 3 atom stereocenters. The van der Waals surface area contributed by atoms with Crippen LogP contribution in [-0.4, -0.2) is 93.3 Å². The maximum atomic E-state index is 11.2. The molecule has 11 nitrogen and oxygen atoms in total. The summed E-state index contributed by atoms with van der Waals surface area (Å²) in [7, 11) is 1.26. The van der Waals surface area contributed by atoms with Gasteiger partial charge in [0.15, 0.2) is 11.9 Å². The topological polar surface area (TPSA) is 170 Å². The Morgan fingerprint density at radius 2 is 2.16 bits per heavy atom. The van der Waals surface area contributed by atoms with Crippen molar-refractivity contribution in [2.45, 2.75) is 30.0 Å². The minimum absolute atomic E-state index is 0.000485. The van der Waals surface area contributed by atoms with Crippen LogP contribution in [0.25, 0.3) is 0 Å². The van der Waals surface area contributed by atoms with Crippen LogP contribution in [0.2, 0.25) is 0 Å². The Morgan fingerprint density at radius 1 is 1.44 bits per heavy atom. The maximum absolute atomic E-state index is 11.2. The number of aliphatic hydroxyl groups is 3. The molecule has 138 valence electrons. The van der Waals surface area contributed by atoms with Gasteiger partial charge in [0.2, 0.25) is 11.4 Å². The maximum Gasteiger partial charge on any atom is 0.330 e. The number of esters is 1. The molecule has 0 aromatic rings. The second kappa shape index (κ2) is 5.86. The van der Waals surface area contributed by atoms with E-state index >= 15 is 0 Å². The number of ether oxygens (including phenoxy) is 1. The van der Waals surface area contributed by atoms with Gasteiger partial charge in [-0.1, -0.05) is 6.08 Å². The average molecular weight is 354 g/mol. The molecule has 7 N–H and O–H groups in total. The molecular formula is C14H22N6O5. The third-order valence-corrected chi connectivity index (χ3v) is 4.90. The molecule has 0 bridgehead atoms. The highest BCUT2D eigenvalue weighted by Crippen LogP contribution is 2.48. The van der Waals surface area contributed by atoms with Crippen molar-refractivity contribution in [1.29, 1.82) is 0 Å². The van der Waals surface area contributed by atoms with E-state index in [0.717, 1.165) is 0 Å². The molecule has 3 aliphatic heterocycles. The van der Waals surface area contributed by atoms with Crippen LogP contribution in [0.5, 0.6) is 0 Å². The number of rotatable bonds is 4. The van der Waals surface area contributed by atoms with E-state index in [1.165, 1.54) is 24.2 Å². The number of carbonyl (C=O) groups is 1. The summed E-state index contributed by atoms with van der Waals surface area (Å²) in [6.07, 6.45) is 2.74. The first-order chi connectivity index (χ1) is 11.8. The number of nitrogens with two attached hydrogens (primary N) is 2. The molecule has 3 rings (SSSR count). The quantitative estimate of drug-likeness (QED) is 0.195. The predicted octanol–water partition coefficient (Wildman–Crippen LogP) is -3.51. The van der Waals surface area contributed by atoms with Crippen molar-refractivity contribution in [3.05, 3.63) is 12.2 Å². The van der Waals surface area contributed by atoms with Crippen LogP contribution < -0.4 is 11.5 Å². The highest BCUT2D eigenvalue weighted by Gasteiger charge is 2.71. The van der Waals surface area contributed by atoms with Gasteiger partial charge in [-0.05, 0) is 0 Å². The molecule has 0 amide bonds. The van der Waals surface area contributed by atoms with E-state index in [4.69, 9.17) is 11.5 Å². The zero-order chi connectivity index (χ0) is 18.4. The highest BCUT2D eigenvalue weighted by atomic mass is 16.5. The van der Waals surface area contributed by atoms with Crippen LogP contribution in [0.3, 0.4) is 0 Å². The number of methoxy groups -OCH3 is 1. The van der Waals surface area contributed by atoms with Gasteiger partial charge < -0.3 is 41.3 Å².